The number of rotatable bonds is 4. The first-order chi connectivity index (χ1) is 10.3. The van der Waals surface area contributed by atoms with Crippen molar-refractivity contribution in [3.05, 3.63) is 35.9 Å². The highest BCUT2D eigenvalue weighted by Gasteiger charge is 2.20. The Bertz CT molecular complexity index is 607. The minimum atomic E-state index is 0.314. The third-order valence-electron chi connectivity index (χ3n) is 4.32. The van der Waals surface area contributed by atoms with E-state index >= 15 is 0 Å². The third kappa shape index (κ3) is 3.17. The van der Waals surface area contributed by atoms with Gasteiger partial charge in [-0.2, -0.15) is 0 Å². The molecule has 1 saturated heterocycles. The van der Waals surface area contributed by atoms with Crippen molar-refractivity contribution in [1.82, 2.24) is 9.88 Å². The van der Waals surface area contributed by atoms with Gasteiger partial charge in [0.05, 0.1) is 12.6 Å². The topological polar surface area (TPSA) is 45.6 Å². The molecule has 112 valence electrons. The van der Waals surface area contributed by atoms with Gasteiger partial charge in [-0.25, -0.2) is 4.98 Å². The van der Waals surface area contributed by atoms with Crippen LogP contribution in [0, 0.1) is 5.92 Å². The predicted molar refractivity (Wildman–Crippen MR) is 83.4 cm³/mol. The normalized spacial score (nSPS) is 17.2. The maximum atomic E-state index is 9.22. The van der Waals surface area contributed by atoms with Crippen LogP contribution in [0.4, 0.5) is 0 Å². The molecule has 1 fully saturated rings. The van der Waals surface area contributed by atoms with Crippen LogP contribution in [0.15, 0.2) is 30.3 Å². The number of aromatic nitrogens is 1. The van der Waals surface area contributed by atoms with Crippen molar-refractivity contribution in [1.29, 1.82) is 0 Å². The van der Waals surface area contributed by atoms with E-state index in [0.717, 1.165) is 54.8 Å². The van der Waals surface area contributed by atoms with Crippen LogP contribution < -0.4 is 4.74 Å². The minimum Gasteiger partial charge on any atom is -0.481 e. The highest BCUT2D eigenvalue weighted by molar-refractivity contribution is 5.80. The summed E-state index contributed by atoms with van der Waals surface area (Å²) in [6.07, 6.45) is 2.14. The first-order valence-electron chi connectivity index (χ1n) is 7.56. The summed E-state index contributed by atoms with van der Waals surface area (Å²) in [6.45, 7) is 3.23. The predicted octanol–water partition coefficient (Wildman–Crippen LogP) is 2.45. The summed E-state index contributed by atoms with van der Waals surface area (Å²) in [6, 6.07) is 10.3. The zero-order valence-electron chi connectivity index (χ0n) is 12.5. The van der Waals surface area contributed by atoms with Crippen molar-refractivity contribution in [2.45, 2.75) is 19.4 Å². The summed E-state index contributed by atoms with van der Waals surface area (Å²) < 4.78 is 5.46. The number of aliphatic hydroxyl groups is 1. The van der Waals surface area contributed by atoms with Gasteiger partial charge >= 0.3 is 0 Å². The summed E-state index contributed by atoms with van der Waals surface area (Å²) in [7, 11) is 1.68. The van der Waals surface area contributed by atoms with Gasteiger partial charge in [0.1, 0.15) is 0 Å². The number of nitrogens with zero attached hydrogens (tertiary/aromatic N) is 2. The molecule has 1 aromatic heterocycles. The standard InChI is InChI=1S/C17H22N2O2/c1-21-17-15(10-14-4-2-3-5-16(14)18-17)11-19-8-6-13(12-20)7-9-19/h2-5,10,13,20H,6-9,11-12H2,1H3. The summed E-state index contributed by atoms with van der Waals surface area (Å²) in [5.41, 5.74) is 2.11. The van der Waals surface area contributed by atoms with Crippen LogP contribution in [0.3, 0.4) is 0 Å². The van der Waals surface area contributed by atoms with E-state index in [-0.39, 0.29) is 0 Å². The lowest BCUT2D eigenvalue weighted by molar-refractivity contribution is 0.126. The van der Waals surface area contributed by atoms with Crippen LogP contribution in [0.25, 0.3) is 10.9 Å². The largest absolute Gasteiger partial charge is 0.481 e. The molecule has 0 unspecified atom stereocenters. The molecule has 1 aliphatic rings. The van der Waals surface area contributed by atoms with Gasteiger partial charge in [-0.15, -0.1) is 0 Å². The van der Waals surface area contributed by atoms with E-state index in [1.165, 1.54) is 0 Å². The molecule has 0 spiro atoms. The highest BCUT2D eigenvalue weighted by Crippen LogP contribution is 2.25. The van der Waals surface area contributed by atoms with Crippen LogP contribution in [0.1, 0.15) is 18.4 Å². The lowest BCUT2D eigenvalue weighted by atomic mass is 9.97. The average Bonchev–Trinajstić information content (AvgIpc) is 2.55. The molecule has 21 heavy (non-hydrogen) atoms. The summed E-state index contributed by atoms with van der Waals surface area (Å²) in [5.74, 6) is 1.19. The molecule has 1 N–H and O–H groups in total. The van der Waals surface area contributed by atoms with Gasteiger partial charge in [0.25, 0.3) is 0 Å². The average molecular weight is 286 g/mol. The number of piperidine rings is 1. The number of hydrogen-bond donors (Lipinski definition) is 1. The lowest BCUT2D eigenvalue weighted by Crippen LogP contribution is -2.34. The van der Waals surface area contributed by atoms with E-state index in [0.29, 0.717) is 12.5 Å². The quantitative estimate of drug-likeness (QED) is 0.937. The van der Waals surface area contributed by atoms with Crippen molar-refractivity contribution in [3.63, 3.8) is 0 Å². The molecule has 0 amide bonds. The summed E-state index contributed by atoms with van der Waals surface area (Å²) >= 11 is 0. The molecule has 4 heteroatoms. The number of pyridine rings is 1. The Morgan fingerprint density at radius 3 is 2.76 bits per heavy atom. The lowest BCUT2D eigenvalue weighted by Gasteiger charge is -2.31. The van der Waals surface area contributed by atoms with Crippen LogP contribution >= 0.6 is 0 Å². The van der Waals surface area contributed by atoms with Crippen LogP contribution in [0.2, 0.25) is 0 Å². The van der Waals surface area contributed by atoms with Crippen molar-refractivity contribution in [2.24, 2.45) is 5.92 Å². The number of aliphatic hydroxyl groups excluding tert-OH is 1. The van der Waals surface area contributed by atoms with Crippen molar-refractivity contribution in [3.8, 4) is 5.88 Å². The van der Waals surface area contributed by atoms with Gasteiger partial charge in [-0.3, -0.25) is 4.90 Å². The van der Waals surface area contributed by atoms with E-state index in [2.05, 4.69) is 22.0 Å². The summed E-state index contributed by atoms with van der Waals surface area (Å²) in [5, 5.41) is 10.4. The molecule has 0 atom stereocenters. The van der Waals surface area contributed by atoms with Crippen LogP contribution in [0.5, 0.6) is 5.88 Å². The molecule has 0 saturated carbocycles. The van der Waals surface area contributed by atoms with Gasteiger partial charge in [0.15, 0.2) is 0 Å². The fourth-order valence-electron chi connectivity index (χ4n) is 3.00. The Morgan fingerprint density at radius 2 is 2.05 bits per heavy atom. The molecule has 0 radical (unpaired) electrons. The molecule has 2 heterocycles. The molecule has 1 aromatic carbocycles. The van der Waals surface area contributed by atoms with Gasteiger partial charge in [-0.05, 0) is 44.0 Å². The van der Waals surface area contributed by atoms with Crippen LogP contribution in [-0.4, -0.2) is 41.8 Å². The SMILES string of the molecule is COc1nc2ccccc2cc1CN1CCC(CO)CC1. The van der Waals surface area contributed by atoms with E-state index < -0.39 is 0 Å². The molecule has 1 aliphatic heterocycles. The Labute approximate surface area is 125 Å². The molecule has 3 rings (SSSR count). The van der Waals surface area contributed by atoms with Gasteiger partial charge < -0.3 is 9.84 Å². The number of para-hydroxylation sites is 1. The maximum absolute atomic E-state index is 9.22. The smallest absolute Gasteiger partial charge is 0.218 e. The van der Waals surface area contributed by atoms with Gasteiger partial charge in [0, 0.05) is 24.1 Å². The van der Waals surface area contributed by atoms with Gasteiger partial charge in [0.2, 0.25) is 5.88 Å². The number of fused-ring (bicyclic) bond motifs is 1. The Balaban J connectivity index is 1.79. The fourth-order valence-corrected chi connectivity index (χ4v) is 3.00. The monoisotopic (exact) mass is 286 g/mol. The fraction of sp³-hybridized carbons (Fsp3) is 0.471. The van der Waals surface area contributed by atoms with E-state index in [4.69, 9.17) is 4.74 Å². The summed E-state index contributed by atoms with van der Waals surface area (Å²) in [4.78, 5) is 7.02. The molecular weight excluding hydrogens is 264 g/mol. The Hall–Kier alpha value is -1.65. The molecule has 2 aromatic rings. The third-order valence-corrected chi connectivity index (χ3v) is 4.32. The molecule has 0 bridgehead atoms. The molecular formula is C17H22N2O2. The number of hydrogen-bond acceptors (Lipinski definition) is 4. The zero-order valence-corrected chi connectivity index (χ0v) is 12.5. The second-order valence-corrected chi connectivity index (χ2v) is 5.75. The van der Waals surface area contributed by atoms with Crippen molar-refractivity contribution < 1.29 is 9.84 Å². The Morgan fingerprint density at radius 1 is 1.29 bits per heavy atom. The van der Waals surface area contributed by atoms with Crippen LogP contribution in [-0.2, 0) is 6.54 Å². The zero-order chi connectivity index (χ0) is 14.7. The molecule has 0 aliphatic carbocycles. The van der Waals surface area contributed by atoms with E-state index in [1.807, 2.05) is 18.2 Å². The van der Waals surface area contributed by atoms with E-state index in [1.54, 1.807) is 7.11 Å². The van der Waals surface area contributed by atoms with Gasteiger partial charge in [-0.1, -0.05) is 18.2 Å². The molecule has 4 nitrogen and oxygen atoms in total. The number of likely N-dealkylation sites (tertiary alicyclic amines) is 1. The second-order valence-electron chi connectivity index (χ2n) is 5.75. The Kier molecular flexibility index (Phi) is 4.36. The van der Waals surface area contributed by atoms with Crippen molar-refractivity contribution >= 4 is 10.9 Å². The number of ether oxygens (including phenoxy) is 1. The minimum absolute atomic E-state index is 0.314. The first-order valence-corrected chi connectivity index (χ1v) is 7.56. The first kappa shape index (κ1) is 14.3. The van der Waals surface area contributed by atoms with Crippen molar-refractivity contribution in [2.75, 3.05) is 26.8 Å². The highest BCUT2D eigenvalue weighted by atomic mass is 16.5. The number of benzene rings is 1. The maximum Gasteiger partial charge on any atom is 0.218 e. The van der Waals surface area contributed by atoms with E-state index in [9.17, 15) is 5.11 Å². The second kappa shape index (κ2) is 6.41. The number of methoxy groups -OCH3 is 1.